The minimum atomic E-state index is -0.263. The Morgan fingerprint density at radius 1 is 1.00 bits per heavy atom. The third-order valence-corrected chi connectivity index (χ3v) is 6.44. The van der Waals surface area contributed by atoms with Gasteiger partial charge < -0.3 is 19.3 Å². The molecular formula is C28H35N3O4. The highest BCUT2D eigenvalue weighted by Crippen LogP contribution is 2.34. The average molecular weight is 478 g/mol. The number of nitrogens with one attached hydrogen (secondary N) is 1. The van der Waals surface area contributed by atoms with Crippen molar-refractivity contribution in [3.63, 3.8) is 0 Å². The number of amides is 1. The first-order valence-electron chi connectivity index (χ1n) is 12.3. The van der Waals surface area contributed by atoms with Gasteiger partial charge in [0.1, 0.15) is 13.2 Å². The van der Waals surface area contributed by atoms with Crippen LogP contribution >= 0.6 is 0 Å². The lowest BCUT2D eigenvalue weighted by Crippen LogP contribution is -2.38. The van der Waals surface area contributed by atoms with Crippen molar-refractivity contribution < 1.29 is 18.8 Å². The van der Waals surface area contributed by atoms with Crippen molar-refractivity contribution in [3.8, 4) is 22.8 Å². The molecule has 1 atom stereocenters. The van der Waals surface area contributed by atoms with Crippen LogP contribution in [0.4, 0.5) is 0 Å². The second-order valence-electron chi connectivity index (χ2n) is 9.75. The SMILES string of the molecule is CCN(CC)[C@@H](CNC(=O)c1cc(-c2ccc3c(c2)OCCO3)on1)c1ccc(C(C)(C)C)cc1. The van der Waals surface area contributed by atoms with Crippen molar-refractivity contribution in [3.05, 3.63) is 65.4 Å². The predicted octanol–water partition coefficient (Wildman–Crippen LogP) is 5.22. The van der Waals surface area contributed by atoms with Crippen LogP contribution in [0.3, 0.4) is 0 Å². The van der Waals surface area contributed by atoms with Crippen LogP contribution in [-0.4, -0.2) is 48.8 Å². The molecule has 186 valence electrons. The number of hydrogen-bond acceptors (Lipinski definition) is 6. The standard InChI is InChI=1S/C28H35N3O4/c1-6-31(7-2)23(19-8-11-21(12-9-19)28(3,4)5)18-29-27(32)22-17-25(35-30-22)20-10-13-24-26(16-20)34-15-14-33-24/h8-13,16-17,23H,6-7,14-15,18H2,1-5H3,(H,29,32)/t23-/m0/s1. The number of ether oxygens (including phenoxy) is 2. The number of nitrogens with zero attached hydrogens (tertiary/aromatic N) is 2. The number of carbonyl (C=O) groups excluding carboxylic acids is 1. The van der Waals surface area contributed by atoms with Crippen molar-refractivity contribution in [1.82, 2.24) is 15.4 Å². The van der Waals surface area contributed by atoms with Gasteiger partial charge >= 0.3 is 0 Å². The highest BCUT2D eigenvalue weighted by Gasteiger charge is 2.22. The lowest BCUT2D eigenvalue weighted by molar-refractivity contribution is 0.0926. The molecule has 1 aliphatic heterocycles. The van der Waals surface area contributed by atoms with Gasteiger partial charge in [0.2, 0.25) is 0 Å². The summed E-state index contributed by atoms with van der Waals surface area (Å²) < 4.78 is 16.7. The van der Waals surface area contributed by atoms with Gasteiger partial charge in [0, 0.05) is 18.2 Å². The zero-order valence-corrected chi connectivity index (χ0v) is 21.3. The third kappa shape index (κ3) is 5.68. The van der Waals surface area contributed by atoms with Gasteiger partial charge in [-0.2, -0.15) is 0 Å². The summed E-state index contributed by atoms with van der Waals surface area (Å²) in [6, 6.07) is 16.0. The van der Waals surface area contributed by atoms with E-state index in [1.165, 1.54) is 11.1 Å². The molecule has 0 aliphatic carbocycles. The Hall–Kier alpha value is -3.32. The molecule has 0 bridgehead atoms. The first-order valence-corrected chi connectivity index (χ1v) is 12.3. The average Bonchev–Trinajstić information content (AvgIpc) is 3.36. The summed E-state index contributed by atoms with van der Waals surface area (Å²) in [5.41, 5.74) is 3.59. The second-order valence-corrected chi connectivity index (χ2v) is 9.75. The van der Waals surface area contributed by atoms with Gasteiger partial charge in [0.25, 0.3) is 5.91 Å². The van der Waals surface area contributed by atoms with Crippen LogP contribution in [0, 0.1) is 0 Å². The van der Waals surface area contributed by atoms with Crippen molar-refractivity contribution >= 4 is 5.91 Å². The fourth-order valence-corrected chi connectivity index (χ4v) is 4.32. The van der Waals surface area contributed by atoms with E-state index in [2.05, 4.69) is 74.3 Å². The molecule has 1 aromatic heterocycles. The van der Waals surface area contributed by atoms with E-state index < -0.39 is 0 Å². The highest BCUT2D eigenvalue weighted by molar-refractivity contribution is 5.93. The van der Waals surface area contributed by atoms with E-state index in [4.69, 9.17) is 14.0 Å². The van der Waals surface area contributed by atoms with Crippen molar-refractivity contribution in [2.75, 3.05) is 32.8 Å². The Labute approximate surface area is 207 Å². The molecule has 4 rings (SSSR count). The Kier molecular flexibility index (Phi) is 7.45. The monoisotopic (exact) mass is 477 g/mol. The summed E-state index contributed by atoms with van der Waals surface area (Å²) in [7, 11) is 0. The first kappa shape index (κ1) is 24.8. The Morgan fingerprint density at radius 3 is 2.34 bits per heavy atom. The Morgan fingerprint density at radius 2 is 1.69 bits per heavy atom. The summed E-state index contributed by atoms with van der Waals surface area (Å²) in [6.07, 6.45) is 0. The number of aromatic nitrogens is 1. The quantitative estimate of drug-likeness (QED) is 0.479. The number of fused-ring (bicyclic) bond motifs is 1. The highest BCUT2D eigenvalue weighted by atomic mass is 16.6. The van der Waals surface area contributed by atoms with Crippen LogP contribution in [-0.2, 0) is 5.41 Å². The molecule has 0 fully saturated rings. The van der Waals surface area contributed by atoms with Crippen LogP contribution in [0.1, 0.15) is 62.3 Å². The van der Waals surface area contributed by atoms with Crippen LogP contribution in [0.15, 0.2) is 53.1 Å². The molecule has 0 saturated heterocycles. The van der Waals surface area contributed by atoms with E-state index in [1.807, 2.05) is 18.2 Å². The lowest BCUT2D eigenvalue weighted by Gasteiger charge is -2.31. The molecule has 1 amide bonds. The van der Waals surface area contributed by atoms with Gasteiger partial charge in [0.15, 0.2) is 23.0 Å². The summed E-state index contributed by atoms with van der Waals surface area (Å²) >= 11 is 0. The Balaban J connectivity index is 1.47. The normalized spacial score (nSPS) is 14.1. The maximum absolute atomic E-state index is 12.9. The number of rotatable bonds is 8. The lowest BCUT2D eigenvalue weighted by atomic mass is 9.86. The maximum atomic E-state index is 12.9. The smallest absolute Gasteiger partial charge is 0.273 e. The number of likely N-dealkylation sites (N-methyl/N-ethyl adjacent to an activating group) is 1. The van der Waals surface area contributed by atoms with Gasteiger partial charge in [-0.1, -0.05) is 64.0 Å². The molecule has 0 saturated carbocycles. The molecule has 1 aliphatic rings. The van der Waals surface area contributed by atoms with Crippen molar-refractivity contribution in [2.45, 2.75) is 46.1 Å². The zero-order valence-electron chi connectivity index (χ0n) is 21.3. The van der Waals surface area contributed by atoms with Crippen LogP contribution in [0.25, 0.3) is 11.3 Å². The number of carbonyl (C=O) groups is 1. The number of benzene rings is 2. The number of hydrogen-bond donors (Lipinski definition) is 1. The molecule has 0 spiro atoms. The van der Waals surface area contributed by atoms with Gasteiger partial charge in [-0.15, -0.1) is 0 Å². The van der Waals surface area contributed by atoms with E-state index in [-0.39, 0.29) is 23.1 Å². The van der Waals surface area contributed by atoms with E-state index in [0.29, 0.717) is 37.0 Å². The topological polar surface area (TPSA) is 76.8 Å². The Bertz CT molecular complexity index is 1140. The van der Waals surface area contributed by atoms with Crippen LogP contribution in [0.2, 0.25) is 0 Å². The molecule has 7 heteroatoms. The molecule has 2 heterocycles. The molecule has 3 aromatic rings. The van der Waals surface area contributed by atoms with E-state index >= 15 is 0 Å². The predicted molar refractivity (Wildman–Crippen MR) is 136 cm³/mol. The maximum Gasteiger partial charge on any atom is 0.273 e. The molecule has 0 unspecified atom stereocenters. The molecule has 2 aromatic carbocycles. The molecule has 0 radical (unpaired) electrons. The van der Waals surface area contributed by atoms with Gasteiger partial charge in [0.05, 0.1) is 6.04 Å². The second kappa shape index (κ2) is 10.5. The summed E-state index contributed by atoms with van der Waals surface area (Å²) in [5.74, 6) is 1.61. The fraction of sp³-hybridized carbons (Fsp3) is 0.429. The minimum absolute atomic E-state index is 0.0622. The largest absolute Gasteiger partial charge is 0.486 e. The molecular weight excluding hydrogens is 442 g/mol. The third-order valence-electron chi connectivity index (χ3n) is 6.44. The van der Waals surface area contributed by atoms with Crippen molar-refractivity contribution in [2.24, 2.45) is 0 Å². The summed E-state index contributed by atoms with van der Waals surface area (Å²) in [6.45, 7) is 14.2. The van der Waals surface area contributed by atoms with Gasteiger partial charge in [-0.05, 0) is 47.8 Å². The van der Waals surface area contributed by atoms with Gasteiger partial charge in [-0.3, -0.25) is 9.69 Å². The van der Waals surface area contributed by atoms with Crippen LogP contribution < -0.4 is 14.8 Å². The summed E-state index contributed by atoms with van der Waals surface area (Å²) in [5, 5.41) is 7.06. The van der Waals surface area contributed by atoms with E-state index in [1.54, 1.807) is 6.07 Å². The molecule has 7 nitrogen and oxygen atoms in total. The van der Waals surface area contributed by atoms with Gasteiger partial charge in [-0.25, -0.2) is 0 Å². The van der Waals surface area contributed by atoms with Crippen LogP contribution in [0.5, 0.6) is 11.5 Å². The van der Waals surface area contributed by atoms with E-state index in [9.17, 15) is 4.79 Å². The fourth-order valence-electron chi connectivity index (χ4n) is 4.32. The van der Waals surface area contributed by atoms with Crippen molar-refractivity contribution in [1.29, 1.82) is 0 Å². The molecule has 35 heavy (non-hydrogen) atoms. The van der Waals surface area contributed by atoms with E-state index in [0.717, 1.165) is 18.7 Å². The minimum Gasteiger partial charge on any atom is -0.486 e. The summed E-state index contributed by atoms with van der Waals surface area (Å²) in [4.78, 5) is 15.3. The molecule has 1 N–H and O–H groups in total. The first-order chi connectivity index (χ1) is 16.8. The zero-order chi connectivity index (χ0) is 25.0.